The van der Waals surface area contributed by atoms with Crippen LogP contribution in [0.4, 0.5) is 0 Å². The van der Waals surface area contributed by atoms with Crippen molar-refractivity contribution >= 4 is 5.78 Å². The van der Waals surface area contributed by atoms with Crippen molar-refractivity contribution in [2.24, 2.45) is 11.8 Å². The Morgan fingerprint density at radius 3 is 2.50 bits per heavy atom. The summed E-state index contributed by atoms with van der Waals surface area (Å²) in [5.74, 6) is 1.48. The molecule has 0 radical (unpaired) electrons. The van der Waals surface area contributed by atoms with E-state index in [0.29, 0.717) is 24.2 Å². The Hall–Kier alpha value is -0.370. The van der Waals surface area contributed by atoms with Gasteiger partial charge in [-0.2, -0.15) is 0 Å². The van der Waals surface area contributed by atoms with Crippen molar-refractivity contribution in [1.82, 2.24) is 4.90 Å². The third-order valence-corrected chi connectivity index (χ3v) is 3.32. The summed E-state index contributed by atoms with van der Waals surface area (Å²) in [5, 5.41) is 0. The van der Waals surface area contributed by atoms with Crippen LogP contribution in [-0.2, 0) is 4.79 Å². The maximum Gasteiger partial charge on any atom is 0.150 e. The highest BCUT2D eigenvalue weighted by Crippen LogP contribution is 2.32. The van der Waals surface area contributed by atoms with Gasteiger partial charge in [-0.3, -0.25) is 4.79 Å². The van der Waals surface area contributed by atoms with E-state index in [2.05, 4.69) is 6.92 Å². The van der Waals surface area contributed by atoms with Gasteiger partial charge in [0.2, 0.25) is 0 Å². The fraction of sp³-hybridized carbons (Fsp3) is 0.917. The summed E-state index contributed by atoms with van der Waals surface area (Å²) >= 11 is 0. The number of carbonyl (C=O) groups is 1. The molecule has 2 nitrogen and oxygen atoms in total. The van der Waals surface area contributed by atoms with Gasteiger partial charge in [-0.05, 0) is 32.9 Å². The summed E-state index contributed by atoms with van der Waals surface area (Å²) in [6.45, 7) is 2.84. The molecule has 0 N–H and O–H groups in total. The van der Waals surface area contributed by atoms with Crippen molar-refractivity contribution in [3.63, 3.8) is 0 Å². The molecule has 0 aliphatic heterocycles. The minimum absolute atomic E-state index is 0.358. The first-order chi connectivity index (χ1) is 6.65. The second-order valence-electron chi connectivity index (χ2n) is 4.76. The van der Waals surface area contributed by atoms with Gasteiger partial charge < -0.3 is 4.90 Å². The van der Waals surface area contributed by atoms with E-state index >= 15 is 0 Å². The van der Waals surface area contributed by atoms with Crippen molar-refractivity contribution in [3.8, 4) is 0 Å². The molecular weight excluding hydrogens is 174 g/mol. The third kappa shape index (κ3) is 3.09. The normalized spacial score (nSPS) is 28.0. The van der Waals surface area contributed by atoms with Gasteiger partial charge in [0, 0.05) is 5.92 Å². The smallest absolute Gasteiger partial charge is 0.150 e. The molecule has 14 heavy (non-hydrogen) atoms. The molecule has 0 aromatic rings. The Bertz CT molecular complexity index is 189. The zero-order valence-corrected chi connectivity index (χ0v) is 9.75. The fourth-order valence-electron chi connectivity index (χ4n) is 2.55. The molecule has 0 spiro atoms. The van der Waals surface area contributed by atoms with Crippen molar-refractivity contribution in [2.75, 3.05) is 20.6 Å². The lowest BCUT2D eigenvalue weighted by Crippen LogP contribution is -2.33. The molecule has 0 saturated heterocycles. The van der Waals surface area contributed by atoms with Crippen LogP contribution in [0.2, 0.25) is 0 Å². The van der Waals surface area contributed by atoms with E-state index in [4.69, 9.17) is 0 Å². The molecule has 0 heterocycles. The number of hydrogen-bond donors (Lipinski definition) is 0. The van der Waals surface area contributed by atoms with E-state index in [1.54, 1.807) is 0 Å². The number of Topliss-reactive ketones (excluding diaryl/α,β-unsaturated/α-hetero) is 1. The van der Waals surface area contributed by atoms with E-state index in [-0.39, 0.29) is 0 Å². The quantitative estimate of drug-likeness (QED) is 0.689. The van der Waals surface area contributed by atoms with Gasteiger partial charge in [0.25, 0.3) is 0 Å². The van der Waals surface area contributed by atoms with E-state index in [1.165, 1.54) is 25.7 Å². The topological polar surface area (TPSA) is 20.3 Å². The fourth-order valence-corrected chi connectivity index (χ4v) is 2.55. The molecule has 0 bridgehead atoms. The Kier molecular flexibility index (Phi) is 4.59. The number of likely N-dealkylation sites (N-methyl/N-ethyl adjacent to an activating group) is 1. The number of hydrogen-bond acceptors (Lipinski definition) is 2. The molecule has 2 atom stereocenters. The number of rotatable bonds is 4. The van der Waals surface area contributed by atoms with Crippen molar-refractivity contribution in [2.45, 2.75) is 39.0 Å². The molecule has 2 heteroatoms. The minimum Gasteiger partial charge on any atom is -0.302 e. The molecular formula is C12H23NO. The molecule has 1 aliphatic carbocycles. The lowest BCUT2D eigenvalue weighted by Gasteiger charge is -2.30. The SMILES string of the molecule is CCC1CCCCC1C(=O)CN(C)C. The summed E-state index contributed by atoms with van der Waals surface area (Å²) in [4.78, 5) is 13.9. The molecule has 1 fully saturated rings. The predicted octanol–water partition coefficient (Wildman–Crippen LogP) is 2.33. The standard InChI is InChI=1S/C12H23NO/c1-4-10-7-5-6-8-11(10)12(14)9-13(2)3/h10-11H,4-9H2,1-3H3. The van der Waals surface area contributed by atoms with Gasteiger partial charge in [0.15, 0.2) is 0 Å². The highest BCUT2D eigenvalue weighted by Gasteiger charge is 2.29. The lowest BCUT2D eigenvalue weighted by atomic mass is 9.75. The summed E-state index contributed by atoms with van der Waals surface area (Å²) < 4.78 is 0. The van der Waals surface area contributed by atoms with Gasteiger partial charge in [0.1, 0.15) is 5.78 Å². The average molecular weight is 197 g/mol. The Labute approximate surface area is 87.7 Å². The zero-order chi connectivity index (χ0) is 10.6. The van der Waals surface area contributed by atoms with Crippen molar-refractivity contribution < 1.29 is 4.79 Å². The van der Waals surface area contributed by atoms with Gasteiger partial charge in [-0.25, -0.2) is 0 Å². The lowest BCUT2D eigenvalue weighted by molar-refractivity contribution is -0.126. The third-order valence-electron chi connectivity index (χ3n) is 3.32. The monoisotopic (exact) mass is 197 g/mol. The first kappa shape index (κ1) is 11.7. The van der Waals surface area contributed by atoms with E-state index in [0.717, 1.165) is 6.42 Å². The van der Waals surface area contributed by atoms with Crippen LogP contribution in [0.3, 0.4) is 0 Å². The van der Waals surface area contributed by atoms with Crippen LogP contribution in [0.25, 0.3) is 0 Å². The van der Waals surface area contributed by atoms with E-state index in [9.17, 15) is 4.79 Å². The molecule has 1 aliphatic rings. The maximum atomic E-state index is 11.9. The van der Waals surface area contributed by atoms with Crippen molar-refractivity contribution in [3.05, 3.63) is 0 Å². The van der Waals surface area contributed by atoms with E-state index < -0.39 is 0 Å². The summed E-state index contributed by atoms with van der Waals surface area (Å²) in [6, 6.07) is 0. The van der Waals surface area contributed by atoms with Gasteiger partial charge >= 0.3 is 0 Å². The summed E-state index contributed by atoms with van der Waals surface area (Å²) in [6.07, 6.45) is 6.14. The molecule has 2 unspecified atom stereocenters. The number of carbonyl (C=O) groups excluding carboxylic acids is 1. The first-order valence-corrected chi connectivity index (χ1v) is 5.82. The molecule has 0 aromatic carbocycles. The van der Waals surface area contributed by atoms with Crippen LogP contribution >= 0.6 is 0 Å². The second kappa shape index (κ2) is 5.50. The molecule has 0 aromatic heterocycles. The first-order valence-electron chi connectivity index (χ1n) is 5.82. The highest BCUT2D eigenvalue weighted by molar-refractivity contribution is 5.83. The van der Waals surface area contributed by atoms with Crippen molar-refractivity contribution in [1.29, 1.82) is 0 Å². The summed E-state index contributed by atoms with van der Waals surface area (Å²) in [5.41, 5.74) is 0. The Balaban J connectivity index is 2.50. The van der Waals surface area contributed by atoms with Crippen LogP contribution in [0, 0.1) is 11.8 Å². The second-order valence-corrected chi connectivity index (χ2v) is 4.76. The number of ketones is 1. The molecule has 1 rings (SSSR count). The van der Waals surface area contributed by atoms with Crippen LogP contribution in [0.15, 0.2) is 0 Å². The van der Waals surface area contributed by atoms with Crippen LogP contribution < -0.4 is 0 Å². The molecule has 1 saturated carbocycles. The average Bonchev–Trinajstić information content (AvgIpc) is 2.16. The molecule has 82 valence electrons. The zero-order valence-electron chi connectivity index (χ0n) is 9.75. The van der Waals surface area contributed by atoms with Crippen LogP contribution in [-0.4, -0.2) is 31.3 Å². The molecule has 0 amide bonds. The van der Waals surface area contributed by atoms with Gasteiger partial charge in [0.05, 0.1) is 6.54 Å². The van der Waals surface area contributed by atoms with Gasteiger partial charge in [-0.1, -0.05) is 26.2 Å². The maximum absolute atomic E-state index is 11.9. The Morgan fingerprint density at radius 1 is 1.29 bits per heavy atom. The minimum atomic E-state index is 0.358. The van der Waals surface area contributed by atoms with Gasteiger partial charge in [-0.15, -0.1) is 0 Å². The highest BCUT2D eigenvalue weighted by atomic mass is 16.1. The van der Waals surface area contributed by atoms with E-state index in [1.807, 2.05) is 19.0 Å². The Morgan fingerprint density at radius 2 is 1.93 bits per heavy atom. The summed E-state index contributed by atoms with van der Waals surface area (Å²) in [7, 11) is 3.95. The van der Waals surface area contributed by atoms with Crippen LogP contribution in [0.5, 0.6) is 0 Å². The van der Waals surface area contributed by atoms with Crippen LogP contribution in [0.1, 0.15) is 39.0 Å². The largest absolute Gasteiger partial charge is 0.302 e. The predicted molar refractivity (Wildman–Crippen MR) is 59.3 cm³/mol. The number of nitrogens with zero attached hydrogens (tertiary/aromatic N) is 1.